The molecule has 0 aliphatic carbocycles. The molecule has 1 aromatic carbocycles. The third-order valence-electron chi connectivity index (χ3n) is 3.02. The molecule has 19 heavy (non-hydrogen) atoms. The van der Waals surface area contributed by atoms with E-state index in [9.17, 15) is 4.79 Å². The maximum absolute atomic E-state index is 11.9. The summed E-state index contributed by atoms with van der Waals surface area (Å²) in [5.41, 5.74) is 3.40. The average Bonchev–Trinajstić information content (AvgIpc) is 2.71. The van der Waals surface area contributed by atoms with Gasteiger partial charge >= 0.3 is 0 Å². The largest absolute Gasteiger partial charge is 0.340 e. The molecule has 0 bridgehead atoms. The smallest absolute Gasteiger partial charge is 0.244 e. The van der Waals surface area contributed by atoms with E-state index in [4.69, 9.17) is 5.26 Å². The van der Waals surface area contributed by atoms with E-state index in [1.807, 2.05) is 36.6 Å². The van der Waals surface area contributed by atoms with Crippen molar-refractivity contribution in [3.8, 4) is 6.07 Å². The number of amides is 1. The first-order valence-corrected chi connectivity index (χ1v) is 6.03. The molecule has 0 radical (unpaired) electrons. The van der Waals surface area contributed by atoms with Gasteiger partial charge in [0.1, 0.15) is 6.54 Å². The van der Waals surface area contributed by atoms with Gasteiger partial charge in [0.2, 0.25) is 5.91 Å². The van der Waals surface area contributed by atoms with Crippen LogP contribution in [0.5, 0.6) is 0 Å². The molecule has 1 heterocycles. The number of benzene rings is 1. The highest BCUT2D eigenvalue weighted by molar-refractivity contribution is 5.90. The molecular weight excluding hydrogens is 238 g/mol. The number of rotatable bonds is 3. The van der Waals surface area contributed by atoms with Gasteiger partial charge in [0.25, 0.3) is 0 Å². The molecule has 0 unspecified atom stereocenters. The zero-order valence-electron chi connectivity index (χ0n) is 11.0. The molecule has 96 valence electrons. The predicted octanol–water partition coefficient (Wildman–Crippen LogP) is 2.62. The minimum absolute atomic E-state index is 0.0768. The van der Waals surface area contributed by atoms with Crippen LogP contribution in [-0.4, -0.2) is 10.5 Å². The van der Waals surface area contributed by atoms with Gasteiger partial charge in [0.05, 0.1) is 11.6 Å². The van der Waals surface area contributed by atoms with Gasteiger partial charge in [-0.15, -0.1) is 0 Å². The van der Waals surface area contributed by atoms with Gasteiger partial charge in [-0.3, -0.25) is 4.79 Å². The molecule has 0 aliphatic heterocycles. The molecule has 0 atom stereocenters. The standard InChI is InChI=1S/C15H15N3O/c1-11-3-4-12(2)18(11)10-15(19)17-14-7-5-13(9-16)6-8-14/h3-8H,10H2,1-2H3,(H,17,19). The van der Waals surface area contributed by atoms with Crippen molar-refractivity contribution in [2.45, 2.75) is 20.4 Å². The van der Waals surface area contributed by atoms with E-state index in [2.05, 4.69) is 5.32 Å². The van der Waals surface area contributed by atoms with Crippen molar-refractivity contribution >= 4 is 11.6 Å². The van der Waals surface area contributed by atoms with Crippen LogP contribution in [0.1, 0.15) is 17.0 Å². The van der Waals surface area contributed by atoms with E-state index in [0.29, 0.717) is 17.8 Å². The van der Waals surface area contributed by atoms with Crippen LogP contribution >= 0.6 is 0 Å². The first-order chi connectivity index (χ1) is 9.10. The summed E-state index contributed by atoms with van der Waals surface area (Å²) >= 11 is 0. The highest BCUT2D eigenvalue weighted by atomic mass is 16.1. The van der Waals surface area contributed by atoms with Crippen LogP contribution < -0.4 is 5.32 Å². The maximum atomic E-state index is 11.9. The molecule has 1 N–H and O–H groups in total. The number of aromatic nitrogens is 1. The fraction of sp³-hybridized carbons (Fsp3) is 0.200. The summed E-state index contributed by atoms with van der Waals surface area (Å²) < 4.78 is 1.96. The molecule has 0 saturated heterocycles. The zero-order chi connectivity index (χ0) is 13.8. The lowest BCUT2D eigenvalue weighted by Crippen LogP contribution is -2.20. The molecule has 0 spiro atoms. The van der Waals surface area contributed by atoms with Crippen LogP contribution in [0.15, 0.2) is 36.4 Å². The maximum Gasteiger partial charge on any atom is 0.244 e. The van der Waals surface area contributed by atoms with Gasteiger partial charge < -0.3 is 9.88 Å². The summed E-state index contributed by atoms with van der Waals surface area (Å²) in [5, 5.41) is 11.5. The lowest BCUT2D eigenvalue weighted by atomic mass is 10.2. The number of carbonyl (C=O) groups excluding carboxylic acids is 1. The Morgan fingerprint density at radius 3 is 2.26 bits per heavy atom. The molecule has 2 aromatic rings. The van der Waals surface area contributed by atoms with Crippen LogP contribution in [0.4, 0.5) is 5.69 Å². The molecule has 4 nitrogen and oxygen atoms in total. The molecule has 1 aromatic heterocycles. The Labute approximate surface area is 112 Å². The Morgan fingerprint density at radius 2 is 1.74 bits per heavy atom. The summed E-state index contributed by atoms with van der Waals surface area (Å²) in [6, 6.07) is 12.8. The Balaban J connectivity index is 2.03. The monoisotopic (exact) mass is 253 g/mol. The Bertz CT molecular complexity index is 613. The lowest BCUT2D eigenvalue weighted by molar-refractivity contribution is -0.116. The van der Waals surface area contributed by atoms with Gasteiger partial charge in [0, 0.05) is 17.1 Å². The summed E-state index contributed by atoms with van der Waals surface area (Å²) in [6.45, 7) is 4.24. The SMILES string of the molecule is Cc1ccc(C)n1CC(=O)Nc1ccc(C#N)cc1. The van der Waals surface area contributed by atoms with Gasteiger partial charge in [-0.25, -0.2) is 0 Å². The van der Waals surface area contributed by atoms with Crippen molar-refractivity contribution in [1.29, 1.82) is 5.26 Å². The second kappa shape index (κ2) is 5.40. The lowest BCUT2D eigenvalue weighted by Gasteiger charge is -2.10. The molecule has 1 amide bonds. The molecule has 0 saturated carbocycles. The fourth-order valence-corrected chi connectivity index (χ4v) is 1.92. The van der Waals surface area contributed by atoms with Crippen molar-refractivity contribution < 1.29 is 4.79 Å². The highest BCUT2D eigenvalue weighted by Crippen LogP contribution is 2.10. The quantitative estimate of drug-likeness (QED) is 0.914. The van der Waals surface area contributed by atoms with Crippen LogP contribution in [0.25, 0.3) is 0 Å². The van der Waals surface area contributed by atoms with Crippen LogP contribution in [0, 0.1) is 25.2 Å². The number of hydrogen-bond acceptors (Lipinski definition) is 2. The number of nitrogens with one attached hydrogen (secondary N) is 1. The highest BCUT2D eigenvalue weighted by Gasteiger charge is 2.07. The summed E-state index contributed by atoms with van der Waals surface area (Å²) in [6.07, 6.45) is 0. The third kappa shape index (κ3) is 3.02. The van der Waals surface area contributed by atoms with E-state index in [1.54, 1.807) is 24.3 Å². The second-order valence-electron chi connectivity index (χ2n) is 4.44. The minimum Gasteiger partial charge on any atom is -0.340 e. The summed E-state index contributed by atoms with van der Waals surface area (Å²) in [7, 11) is 0. The first-order valence-electron chi connectivity index (χ1n) is 6.03. The minimum atomic E-state index is -0.0768. The van der Waals surface area contributed by atoms with E-state index < -0.39 is 0 Å². The number of nitriles is 1. The van der Waals surface area contributed by atoms with E-state index in [-0.39, 0.29) is 5.91 Å². The van der Waals surface area contributed by atoms with Crippen molar-refractivity contribution in [2.24, 2.45) is 0 Å². The number of hydrogen-bond donors (Lipinski definition) is 1. The first kappa shape index (κ1) is 12.9. The Kier molecular flexibility index (Phi) is 3.67. The molecule has 0 fully saturated rings. The fourth-order valence-electron chi connectivity index (χ4n) is 1.92. The van der Waals surface area contributed by atoms with E-state index >= 15 is 0 Å². The van der Waals surface area contributed by atoms with Crippen molar-refractivity contribution in [3.63, 3.8) is 0 Å². The summed E-state index contributed by atoms with van der Waals surface area (Å²) in [5.74, 6) is -0.0768. The van der Waals surface area contributed by atoms with Crippen LogP contribution in [-0.2, 0) is 11.3 Å². The van der Waals surface area contributed by atoms with Crippen molar-refractivity contribution in [3.05, 3.63) is 53.3 Å². The molecule has 0 aliphatic rings. The zero-order valence-corrected chi connectivity index (χ0v) is 11.0. The number of nitrogens with zero attached hydrogens (tertiary/aromatic N) is 2. The molecule has 4 heteroatoms. The van der Waals surface area contributed by atoms with E-state index in [1.165, 1.54) is 0 Å². The number of aryl methyl sites for hydroxylation is 2. The van der Waals surface area contributed by atoms with Gasteiger partial charge in [-0.2, -0.15) is 5.26 Å². The van der Waals surface area contributed by atoms with Gasteiger partial charge in [-0.05, 0) is 50.2 Å². The van der Waals surface area contributed by atoms with Crippen molar-refractivity contribution in [2.75, 3.05) is 5.32 Å². The summed E-state index contributed by atoms with van der Waals surface area (Å²) in [4.78, 5) is 11.9. The Morgan fingerprint density at radius 1 is 1.16 bits per heavy atom. The van der Waals surface area contributed by atoms with Gasteiger partial charge in [0.15, 0.2) is 0 Å². The van der Waals surface area contributed by atoms with Crippen LogP contribution in [0.3, 0.4) is 0 Å². The normalized spacial score (nSPS) is 9.95. The topological polar surface area (TPSA) is 57.8 Å². The number of anilines is 1. The third-order valence-corrected chi connectivity index (χ3v) is 3.02. The predicted molar refractivity (Wildman–Crippen MR) is 73.7 cm³/mol. The number of carbonyl (C=O) groups is 1. The molecular formula is C15H15N3O. The molecule has 2 rings (SSSR count). The Hall–Kier alpha value is -2.54. The van der Waals surface area contributed by atoms with Crippen molar-refractivity contribution in [1.82, 2.24) is 4.57 Å². The average molecular weight is 253 g/mol. The van der Waals surface area contributed by atoms with Crippen LogP contribution in [0.2, 0.25) is 0 Å². The second-order valence-corrected chi connectivity index (χ2v) is 4.44. The van der Waals surface area contributed by atoms with Gasteiger partial charge in [-0.1, -0.05) is 0 Å². The van der Waals surface area contributed by atoms with E-state index in [0.717, 1.165) is 11.4 Å².